The highest BCUT2D eigenvalue weighted by Crippen LogP contribution is 2.29. The van der Waals surface area contributed by atoms with Gasteiger partial charge in [0.05, 0.1) is 11.4 Å². The Morgan fingerprint density at radius 2 is 1.58 bits per heavy atom. The lowest BCUT2D eigenvalue weighted by atomic mass is 9.81. The van der Waals surface area contributed by atoms with Crippen molar-refractivity contribution >= 4 is 33.4 Å². The SMILES string of the molecule is O=C(NCC(=O)N1CCCCCC1)C1CCC(CNS(=O)(=O)c2ccc(Cl)cc2)CC1. The smallest absolute Gasteiger partial charge is 0.241 e. The summed E-state index contributed by atoms with van der Waals surface area (Å²) in [4.78, 5) is 26.9. The van der Waals surface area contributed by atoms with Crippen molar-refractivity contribution in [3.8, 4) is 0 Å². The van der Waals surface area contributed by atoms with E-state index >= 15 is 0 Å². The molecule has 7 nitrogen and oxygen atoms in total. The van der Waals surface area contributed by atoms with Gasteiger partial charge in [0, 0.05) is 30.6 Å². The van der Waals surface area contributed by atoms with Gasteiger partial charge in [0.2, 0.25) is 21.8 Å². The van der Waals surface area contributed by atoms with Crippen LogP contribution in [0, 0.1) is 11.8 Å². The van der Waals surface area contributed by atoms with Gasteiger partial charge < -0.3 is 10.2 Å². The quantitative estimate of drug-likeness (QED) is 0.641. The molecule has 1 heterocycles. The summed E-state index contributed by atoms with van der Waals surface area (Å²) in [5.41, 5.74) is 0. The van der Waals surface area contributed by atoms with Crippen LogP contribution in [0.4, 0.5) is 0 Å². The van der Waals surface area contributed by atoms with Crippen molar-refractivity contribution < 1.29 is 18.0 Å². The van der Waals surface area contributed by atoms with Crippen LogP contribution in [0.3, 0.4) is 0 Å². The molecule has 0 unspecified atom stereocenters. The normalized spacial score (nSPS) is 22.5. The number of nitrogens with one attached hydrogen (secondary N) is 2. The number of sulfonamides is 1. The Bertz CT molecular complexity index is 844. The van der Waals surface area contributed by atoms with Crippen molar-refractivity contribution in [1.82, 2.24) is 14.9 Å². The third-order valence-electron chi connectivity index (χ3n) is 6.28. The third-order valence-corrected chi connectivity index (χ3v) is 7.97. The zero-order valence-electron chi connectivity index (χ0n) is 17.8. The Labute approximate surface area is 190 Å². The van der Waals surface area contributed by atoms with E-state index in [9.17, 15) is 18.0 Å². The first kappa shape index (κ1) is 24.0. The first-order valence-electron chi connectivity index (χ1n) is 11.2. The molecule has 1 saturated heterocycles. The molecule has 9 heteroatoms. The van der Waals surface area contributed by atoms with Crippen LogP contribution in [-0.4, -0.2) is 51.3 Å². The zero-order valence-corrected chi connectivity index (χ0v) is 19.4. The molecule has 1 saturated carbocycles. The van der Waals surface area contributed by atoms with E-state index in [-0.39, 0.29) is 35.1 Å². The molecule has 1 aliphatic heterocycles. The summed E-state index contributed by atoms with van der Waals surface area (Å²) in [5, 5.41) is 3.30. The number of benzene rings is 1. The molecule has 2 fully saturated rings. The Morgan fingerprint density at radius 1 is 0.968 bits per heavy atom. The van der Waals surface area contributed by atoms with Crippen molar-refractivity contribution in [3.63, 3.8) is 0 Å². The molecule has 172 valence electrons. The molecule has 0 spiro atoms. The van der Waals surface area contributed by atoms with E-state index in [0.29, 0.717) is 24.4 Å². The molecule has 2 aliphatic rings. The Balaban J connectivity index is 1.38. The van der Waals surface area contributed by atoms with E-state index in [0.717, 1.165) is 51.6 Å². The topological polar surface area (TPSA) is 95.6 Å². The average Bonchev–Trinajstić information content (AvgIpc) is 3.06. The lowest BCUT2D eigenvalue weighted by Gasteiger charge is -2.28. The number of likely N-dealkylation sites (tertiary alicyclic amines) is 1. The van der Waals surface area contributed by atoms with Crippen LogP contribution in [0.1, 0.15) is 51.4 Å². The van der Waals surface area contributed by atoms with Crippen molar-refractivity contribution in [2.75, 3.05) is 26.2 Å². The molecule has 1 aromatic rings. The summed E-state index contributed by atoms with van der Waals surface area (Å²) in [6, 6.07) is 6.08. The third kappa shape index (κ3) is 7.19. The maximum Gasteiger partial charge on any atom is 0.241 e. The second-order valence-electron chi connectivity index (χ2n) is 8.54. The van der Waals surface area contributed by atoms with Crippen LogP contribution < -0.4 is 10.0 Å². The van der Waals surface area contributed by atoms with Crippen molar-refractivity contribution in [2.24, 2.45) is 11.8 Å². The molecule has 3 rings (SSSR count). The van der Waals surface area contributed by atoms with E-state index in [1.807, 2.05) is 4.90 Å². The highest BCUT2D eigenvalue weighted by Gasteiger charge is 2.28. The first-order chi connectivity index (χ1) is 14.8. The number of amides is 2. The second kappa shape index (κ2) is 11.3. The van der Waals surface area contributed by atoms with Gasteiger partial charge in [-0.3, -0.25) is 9.59 Å². The van der Waals surface area contributed by atoms with Crippen LogP contribution in [0.5, 0.6) is 0 Å². The minimum absolute atomic E-state index is 0.000502. The van der Waals surface area contributed by atoms with E-state index in [1.54, 1.807) is 12.1 Å². The van der Waals surface area contributed by atoms with Crippen LogP contribution in [0.2, 0.25) is 5.02 Å². The van der Waals surface area contributed by atoms with E-state index in [4.69, 9.17) is 11.6 Å². The molecule has 0 atom stereocenters. The Kier molecular flexibility index (Phi) is 8.75. The molecule has 1 aliphatic carbocycles. The fraction of sp³-hybridized carbons (Fsp3) is 0.636. The standard InChI is InChI=1S/C22H32ClN3O4S/c23-19-9-11-20(12-10-19)31(29,30)25-15-17-5-7-18(8-6-17)22(28)24-16-21(27)26-13-3-1-2-4-14-26/h9-12,17-18,25H,1-8,13-16H2,(H,24,28). The first-order valence-corrected chi connectivity index (χ1v) is 13.0. The van der Waals surface area contributed by atoms with Gasteiger partial charge in [0.25, 0.3) is 0 Å². The summed E-state index contributed by atoms with van der Waals surface area (Å²) in [6.07, 6.45) is 7.36. The summed E-state index contributed by atoms with van der Waals surface area (Å²) in [6.45, 7) is 1.99. The number of carbonyl (C=O) groups excluding carboxylic acids is 2. The van der Waals surface area contributed by atoms with Gasteiger partial charge in [-0.05, 0) is 68.7 Å². The van der Waals surface area contributed by atoms with E-state index < -0.39 is 10.0 Å². The Morgan fingerprint density at radius 3 is 2.19 bits per heavy atom. The van der Waals surface area contributed by atoms with Gasteiger partial charge in [-0.2, -0.15) is 0 Å². The fourth-order valence-corrected chi connectivity index (χ4v) is 5.53. The maximum absolute atomic E-state index is 12.5. The number of nitrogens with zero attached hydrogens (tertiary/aromatic N) is 1. The van der Waals surface area contributed by atoms with Crippen LogP contribution >= 0.6 is 11.6 Å². The van der Waals surface area contributed by atoms with Gasteiger partial charge in [0.1, 0.15) is 0 Å². The maximum atomic E-state index is 12.5. The molecule has 0 radical (unpaired) electrons. The van der Waals surface area contributed by atoms with Crippen LogP contribution in [0.25, 0.3) is 0 Å². The monoisotopic (exact) mass is 469 g/mol. The molecule has 0 bridgehead atoms. The number of halogens is 1. The van der Waals surface area contributed by atoms with Gasteiger partial charge in [0.15, 0.2) is 0 Å². The molecule has 2 N–H and O–H groups in total. The number of hydrogen-bond acceptors (Lipinski definition) is 4. The molecular formula is C22H32ClN3O4S. The van der Waals surface area contributed by atoms with Crippen LogP contribution in [-0.2, 0) is 19.6 Å². The summed E-state index contributed by atoms with van der Waals surface area (Å²) >= 11 is 5.82. The minimum atomic E-state index is -3.57. The lowest BCUT2D eigenvalue weighted by Crippen LogP contribution is -2.43. The molecule has 0 aromatic heterocycles. The minimum Gasteiger partial charge on any atom is -0.347 e. The van der Waals surface area contributed by atoms with E-state index in [1.165, 1.54) is 12.1 Å². The predicted octanol–water partition coefficient (Wildman–Crippen LogP) is 2.94. The Hall–Kier alpha value is -1.64. The summed E-state index contributed by atoms with van der Waals surface area (Å²) in [7, 11) is -3.57. The lowest BCUT2D eigenvalue weighted by molar-refractivity contribution is -0.134. The van der Waals surface area contributed by atoms with Crippen molar-refractivity contribution in [1.29, 1.82) is 0 Å². The van der Waals surface area contributed by atoms with Gasteiger partial charge in [-0.25, -0.2) is 13.1 Å². The second-order valence-corrected chi connectivity index (χ2v) is 10.7. The van der Waals surface area contributed by atoms with Gasteiger partial charge >= 0.3 is 0 Å². The van der Waals surface area contributed by atoms with Crippen molar-refractivity contribution in [3.05, 3.63) is 29.3 Å². The van der Waals surface area contributed by atoms with Gasteiger partial charge in [-0.15, -0.1) is 0 Å². The molecular weight excluding hydrogens is 438 g/mol. The largest absolute Gasteiger partial charge is 0.347 e. The highest BCUT2D eigenvalue weighted by atomic mass is 35.5. The molecule has 2 amide bonds. The summed E-state index contributed by atoms with van der Waals surface area (Å²) < 4.78 is 27.5. The average molecular weight is 470 g/mol. The van der Waals surface area contributed by atoms with E-state index in [2.05, 4.69) is 10.0 Å². The highest BCUT2D eigenvalue weighted by molar-refractivity contribution is 7.89. The summed E-state index contributed by atoms with van der Waals surface area (Å²) in [5.74, 6) is 0.0230. The zero-order chi connectivity index (χ0) is 22.3. The molecule has 31 heavy (non-hydrogen) atoms. The van der Waals surface area contributed by atoms with Gasteiger partial charge in [-0.1, -0.05) is 24.4 Å². The number of hydrogen-bond donors (Lipinski definition) is 2. The van der Waals surface area contributed by atoms with Crippen LogP contribution in [0.15, 0.2) is 29.2 Å². The van der Waals surface area contributed by atoms with Crippen molar-refractivity contribution in [2.45, 2.75) is 56.3 Å². The predicted molar refractivity (Wildman–Crippen MR) is 120 cm³/mol. The number of carbonyl (C=O) groups is 2. The fourth-order valence-electron chi connectivity index (χ4n) is 4.29. The number of rotatable bonds is 7. The molecule has 1 aromatic carbocycles.